The van der Waals surface area contributed by atoms with Gasteiger partial charge in [-0.25, -0.2) is 9.97 Å². The standard InChI is InChI=1S/C12H8ClF3N2O2/c1-19-10-9(17-6-18-11(10)13)7-4-2-3-5-8(7)20-12(14,15)16/h2-6H,1H3. The summed E-state index contributed by atoms with van der Waals surface area (Å²) in [5, 5.41) is -0.000637. The van der Waals surface area contributed by atoms with E-state index in [0.717, 1.165) is 6.33 Å². The lowest BCUT2D eigenvalue weighted by atomic mass is 10.1. The van der Waals surface area contributed by atoms with E-state index in [4.69, 9.17) is 16.3 Å². The van der Waals surface area contributed by atoms with Gasteiger partial charge in [-0.3, -0.25) is 0 Å². The van der Waals surface area contributed by atoms with E-state index in [0.29, 0.717) is 0 Å². The molecule has 1 heterocycles. The Kier molecular flexibility index (Phi) is 3.99. The largest absolute Gasteiger partial charge is 0.573 e. The predicted octanol–water partition coefficient (Wildman–Crippen LogP) is 3.70. The minimum Gasteiger partial charge on any atom is -0.491 e. The van der Waals surface area contributed by atoms with Crippen molar-refractivity contribution < 1.29 is 22.6 Å². The Morgan fingerprint density at radius 1 is 1.15 bits per heavy atom. The third-order valence-corrected chi connectivity index (χ3v) is 2.60. The first kappa shape index (κ1) is 14.4. The Morgan fingerprint density at radius 2 is 1.85 bits per heavy atom. The van der Waals surface area contributed by atoms with Gasteiger partial charge in [0.1, 0.15) is 17.8 Å². The van der Waals surface area contributed by atoms with Crippen LogP contribution in [0.4, 0.5) is 13.2 Å². The quantitative estimate of drug-likeness (QED) is 0.811. The summed E-state index contributed by atoms with van der Waals surface area (Å²) in [4.78, 5) is 7.61. The third-order valence-electron chi connectivity index (χ3n) is 2.33. The number of halogens is 4. The van der Waals surface area contributed by atoms with Crippen LogP contribution in [-0.4, -0.2) is 23.4 Å². The van der Waals surface area contributed by atoms with E-state index < -0.39 is 12.1 Å². The van der Waals surface area contributed by atoms with E-state index in [1.165, 1.54) is 25.3 Å². The molecular weight excluding hydrogens is 297 g/mol. The van der Waals surface area contributed by atoms with Crippen molar-refractivity contribution in [1.29, 1.82) is 0 Å². The average Bonchev–Trinajstić information content (AvgIpc) is 2.37. The summed E-state index contributed by atoms with van der Waals surface area (Å²) in [5.41, 5.74) is 0.221. The summed E-state index contributed by atoms with van der Waals surface area (Å²) in [6.07, 6.45) is -3.68. The number of aromatic nitrogens is 2. The van der Waals surface area contributed by atoms with Crippen molar-refractivity contribution in [2.45, 2.75) is 6.36 Å². The van der Waals surface area contributed by atoms with Gasteiger partial charge in [-0.15, -0.1) is 13.2 Å². The van der Waals surface area contributed by atoms with Crippen LogP contribution in [0.25, 0.3) is 11.3 Å². The van der Waals surface area contributed by atoms with Crippen molar-refractivity contribution in [1.82, 2.24) is 9.97 Å². The van der Waals surface area contributed by atoms with Crippen LogP contribution in [0, 0.1) is 0 Å². The van der Waals surface area contributed by atoms with Crippen LogP contribution in [-0.2, 0) is 0 Å². The lowest BCUT2D eigenvalue weighted by Crippen LogP contribution is -2.17. The fourth-order valence-corrected chi connectivity index (χ4v) is 1.81. The zero-order valence-corrected chi connectivity index (χ0v) is 10.9. The van der Waals surface area contributed by atoms with Gasteiger partial charge in [-0.2, -0.15) is 0 Å². The number of hydrogen-bond donors (Lipinski definition) is 0. The Hall–Kier alpha value is -2.02. The van der Waals surface area contributed by atoms with E-state index >= 15 is 0 Å². The lowest BCUT2D eigenvalue weighted by Gasteiger charge is -2.14. The van der Waals surface area contributed by atoms with E-state index in [9.17, 15) is 13.2 Å². The van der Waals surface area contributed by atoms with E-state index in [2.05, 4.69) is 14.7 Å². The summed E-state index contributed by atoms with van der Waals surface area (Å²) >= 11 is 5.83. The molecule has 0 fully saturated rings. The molecule has 1 aromatic heterocycles. The molecule has 8 heteroatoms. The van der Waals surface area contributed by atoms with Gasteiger partial charge in [0, 0.05) is 5.56 Å². The van der Waals surface area contributed by atoms with Gasteiger partial charge in [0.2, 0.25) is 0 Å². The number of nitrogens with zero attached hydrogens (tertiary/aromatic N) is 2. The summed E-state index contributed by atoms with van der Waals surface area (Å²) in [6.45, 7) is 0. The summed E-state index contributed by atoms with van der Waals surface area (Å²) in [7, 11) is 1.32. The number of alkyl halides is 3. The molecular formula is C12H8ClF3N2O2. The van der Waals surface area contributed by atoms with Crippen molar-refractivity contribution in [3.63, 3.8) is 0 Å². The molecule has 0 radical (unpaired) electrons. The van der Waals surface area contributed by atoms with Crippen molar-refractivity contribution in [3.05, 3.63) is 35.7 Å². The first-order valence-electron chi connectivity index (χ1n) is 5.32. The van der Waals surface area contributed by atoms with Crippen molar-refractivity contribution in [3.8, 4) is 22.8 Å². The van der Waals surface area contributed by atoms with E-state index in [1.54, 1.807) is 6.07 Å². The van der Waals surface area contributed by atoms with Gasteiger partial charge >= 0.3 is 6.36 Å². The molecule has 0 saturated carbocycles. The molecule has 106 valence electrons. The molecule has 2 rings (SSSR count). The molecule has 0 aliphatic carbocycles. The van der Waals surface area contributed by atoms with Gasteiger partial charge < -0.3 is 9.47 Å². The monoisotopic (exact) mass is 304 g/mol. The highest BCUT2D eigenvalue weighted by atomic mass is 35.5. The van der Waals surface area contributed by atoms with Crippen LogP contribution in [0.1, 0.15) is 0 Å². The number of rotatable bonds is 3. The molecule has 20 heavy (non-hydrogen) atoms. The molecule has 0 aliphatic rings. The fourth-order valence-electron chi connectivity index (χ4n) is 1.60. The van der Waals surface area contributed by atoms with E-state index in [-0.39, 0.29) is 22.2 Å². The zero-order chi connectivity index (χ0) is 14.8. The van der Waals surface area contributed by atoms with Crippen molar-refractivity contribution in [2.24, 2.45) is 0 Å². The van der Waals surface area contributed by atoms with E-state index in [1.807, 2.05) is 0 Å². The maximum absolute atomic E-state index is 12.4. The molecule has 0 bridgehead atoms. The second-order valence-electron chi connectivity index (χ2n) is 3.59. The Bertz CT molecular complexity index is 620. The SMILES string of the molecule is COc1c(Cl)ncnc1-c1ccccc1OC(F)(F)F. The third kappa shape index (κ3) is 3.11. The molecule has 4 nitrogen and oxygen atoms in total. The van der Waals surface area contributed by atoms with Crippen LogP contribution in [0.5, 0.6) is 11.5 Å². The lowest BCUT2D eigenvalue weighted by molar-refractivity contribution is -0.274. The first-order valence-corrected chi connectivity index (χ1v) is 5.70. The molecule has 1 aromatic carbocycles. The number of para-hydroxylation sites is 1. The molecule has 2 aromatic rings. The second-order valence-corrected chi connectivity index (χ2v) is 3.95. The van der Waals surface area contributed by atoms with Crippen LogP contribution in [0.3, 0.4) is 0 Å². The number of methoxy groups -OCH3 is 1. The molecule has 0 amide bonds. The number of benzene rings is 1. The van der Waals surface area contributed by atoms with Crippen molar-refractivity contribution >= 4 is 11.6 Å². The summed E-state index contributed by atoms with van der Waals surface area (Å²) in [5.74, 6) is -0.319. The second kappa shape index (κ2) is 5.54. The number of hydrogen-bond acceptors (Lipinski definition) is 4. The van der Waals surface area contributed by atoms with Gasteiger partial charge in [-0.1, -0.05) is 23.7 Å². The predicted molar refractivity (Wildman–Crippen MR) is 65.7 cm³/mol. The fraction of sp³-hybridized carbons (Fsp3) is 0.167. The van der Waals surface area contributed by atoms with Crippen molar-refractivity contribution in [2.75, 3.05) is 7.11 Å². The number of ether oxygens (including phenoxy) is 2. The molecule has 0 saturated heterocycles. The van der Waals surface area contributed by atoms with Gasteiger partial charge in [0.25, 0.3) is 0 Å². The highest BCUT2D eigenvalue weighted by Gasteiger charge is 2.32. The van der Waals surface area contributed by atoms with Gasteiger partial charge in [0.05, 0.1) is 7.11 Å². The maximum Gasteiger partial charge on any atom is 0.573 e. The van der Waals surface area contributed by atoms with Gasteiger partial charge in [-0.05, 0) is 12.1 Å². The van der Waals surface area contributed by atoms with Crippen LogP contribution < -0.4 is 9.47 Å². The molecule has 0 spiro atoms. The Balaban J connectivity index is 2.56. The van der Waals surface area contributed by atoms with Crippen LogP contribution in [0.2, 0.25) is 5.15 Å². The van der Waals surface area contributed by atoms with Crippen LogP contribution in [0.15, 0.2) is 30.6 Å². The van der Waals surface area contributed by atoms with Gasteiger partial charge in [0.15, 0.2) is 10.9 Å². The zero-order valence-electron chi connectivity index (χ0n) is 10.1. The Labute approximate surface area is 117 Å². The highest BCUT2D eigenvalue weighted by Crippen LogP contribution is 2.39. The highest BCUT2D eigenvalue weighted by molar-refractivity contribution is 6.31. The minimum atomic E-state index is -4.81. The normalized spacial score (nSPS) is 11.2. The maximum atomic E-state index is 12.4. The molecule has 0 aliphatic heterocycles. The average molecular weight is 305 g/mol. The molecule has 0 N–H and O–H groups in total. The summed E-state index contributed by atoms with van der Waals surface area (Å²) in [6, 6.07) is 5.56. The molecule has 0 unspecified atom stereocenters. The topological polar surface area (TPSA) is 44.2 Å². The smallest absolute Gasteiger partial charge is 0.491 e. The Morgan fingerprint density at radius 3 is 2.50 bits per heavy atom. The van der Waals surface area contributed by atoms with Crippen LogP contribution >= 0.6 is 11.6 Å². The first-order chi connectivity index (χ1) is 9.42. The minimum absolute atomic E-state index is 0.000637. The summed E-state index contributed by atoms with van der Waals surface area (Å²) < 4.78 is 46.1. The molecule has 0 atom stereocenters.